The number of hydrogen-bond acceptors (Lipinski definition) is 1. The fourth-order valence-electron chi connectivity index (χ4n) is 1.45. The molecule has 1 N–H and O–H groups in total. The fraction of sp³-hybridized carbons (Fsp3) is 1.00. The summed E-state index contributed by atoms with van der Waals surface area (Å²) in [6.07, 6.45) is -2.76. The molecule has 12 heavy (non-hydrogen) atoms. The Balaban J connectivity index is 2.03. The molecule has 1 fully saturated rings. The molecule has 1 aliphatic rings. The zero-order valence-corrected chi connectivity index (χ0v) is 6.77. The van der Waals surface area contributed by atoms with Gasteiger partial charge >= 0.3 is 6.18 Å². The van der Waals surface area contributed by atoms with E-state index in [1.54, 1.807) is 0 Å². The van der Waals surface area contributed by atoms with Gasteiger partial charge in [0.2, 0.25) is 0 Å². The number of halogens is 3. The van der Waals surface area contributed by atoms with E-state index in [4.69, 9.17) is 5.11 Å². The van der Waals surface area contributed by atoms with Crippen molar-refractivity contribution in [2.45, 2.75) is 44.4 Å². The summed E-state index contributed by atoms with van der Waals surface area (Å²) in [7, 11) is 0. The highest BCUT2D eigenvalue weighted by Gasteiger charge is 2.31. The molecule has 2 atom stereocenters. The van der Waals surface area contributed by atoms with E-state index in [-0.39, 0.29) is 18.4 Å². The first-order valence-electron chi connectivity index (χ1n) is 4.24. The molecule has 2 unspecified atom stereocenters. The predicted octanol–water partition coefficient (Wildman–Crippen LogP) is 2.49. The summed E-state index contributed by atoms with van der Waals surface area (Å²) in [4.78, 5) is 0. The van der Waals surface area contributed by atoms with Crippen LogP contribution in [0.5, 0.6) is 0 Å². The third-order valence-electron chi connectivity index (χ3n) is 2.41. The lowest BCUT2D eigenvalue weighted by molar-refractivity contribution is -0.137. The quantitative estimate of drug-likeness (QED) is 0.710. The summed E-state index contributed by atoms with van der Waals surface area (Å²) in [5, 5.41) is 9.06. The van der Waals surface area contributed by atoms with E-state index < -0.39 is 12.6 Å². The molecule has 0 amide bonds. The van der Waals surface area contributed by atoms with Crippen molar-refractivity contribution in [1.29, 1.82) is 0 Å². The smallest absolute Gasteiger partial charge is 0.389 e. The van der Waals surface area contributed by atoms with Crippen molar-refractivity contribution in [2.75, 3.05) is 0 Å². The monoisotopic (exact) mass is 182 g/mol. The lowest BCUT2D eigenvalue weighted by Crippen LogP contribution is -2.31. The number of aliphatic hydroxyl groups excluding tert-OH is 1. The van der Waals surface area contributed by atoms with Gasteiger partial charge in [0.1, 0.15) is 0 Å². The van der Waals surface area contributed by atoms with Crippen LogP contribution in [0.15, 0.2) is 0 Å². The zero-order chi connectivity index (χ0) is 9.19. The first-order valence-corrected chi connectivity index (χ1v) is 4.24. The lowest BCUT2D eigenvalue weighted by atomic mass is 9.79. The molecule has 1 rings (SSSR count). The van der Waals surface area contributed by atoms with Gasteiger partial charge < -0.3 is 5.11 Å². The first-order chi connectivity index (χ1) is 5.49. The molecule has 0 aliphatic heterocycles. The second-order valence-electron chi connectivity index (χ2n) is 3.41. The molecule has 72 valence electrons. The number of hydrogen-bond donors (Lipinski definition) is 1. The number of aliphatic hydroxyl groups is 1. The third-order valence-corrected chi connectivity index (χ3v) is 2.41. The largest absolute Gasteiger partial charge is 0.393 e. The van der Waals surface area contributed by atoms with E-state index >= 15 is 0 Å². The Morgan fingerprint density at radius 3 is 2.25 bits per heavy atom. The van der Waals surface area contributed by atoms with E-state index in [9.17, 15) is 13.2 Å². The molecule has 0 saturated heterocycles. The minimum Gasteiger partial charge on any atom is -0.393 e. The molecular weight excluding hydrogens is 169 g/mol. The van der Waals surface area contributed by atoms with Crippen LogP contribution in [-0.4, -0.2) is 17.4 Å². The van der Waals surface area contributed by atoms with Crippen molar-refractivity contribution in [2.24, 2.45) is 5.92 Å². The maximum atomic E-state index is 11.7. The van der Waals surface area contributed by atoms with Gasteiger partial charge in [0.05, 0.1) is 6.10 Å². The van der Waals surface area contributed by atoms with Gasteiger partial charge in [-0.25, -0.2) is 0 Å². The Labute approximate surface area is 69.6 Å². The molecule has 0 aromatic carbocycles. The molecule has 4 heteroatoms. The van der Waals surface area contributed by atoms with Crippen molar-refractivity contribution < 1.29 is 18.3 Å². The van der Waals surface area contributed by atoms with E-state index in [1.165, 1.54) is 0 Å². The molecule has 1 nitrogen and oxygen atoms in total. The first kappa shape index (κ1) is 9.84. The minimum atomic E-state index is -4.03. The van der Waals surface area contributed by atoms with Crippen LogP contribution in [0.4, 0.5) is 13.2 Å². The van der Waals surface area contributed by atoms with Gasteiger partial charge in [-0.1, -0.05) is 0 Å². The summed E-state index contributed by atoms with van der Waals surface area (Å²) in [5.41, 5.74) is 0. The standard InChI is InChI=1S/C8H13F3O/c9-8(10,11)5-1-2-6-3-4-7(6)12/h6-7,12H,1-5H2. The average Bonchev–Trinajstić information content (AvgIpc) is 1.93. The Morgan fingerprint density at radius 2 is 1.92 bits per heavy atom. The second kappa shape index (κ2) is 3.64. The number of alkyl halides is 3. The van der Waals surface area contributed by atoms with Gasteiger partial charge in [-0.05, 0) is 31.6 Å². The van der Waals surface area contributed by atoms with Gasteiger partial charge in [-0.2, -0.15) is 13.2 Å². The second-order valence-corrected chi connectivity index (χ2v) is 3.41. The molecule has 0 bridgehead atoms. The molecule has 1 saturated carbocycles. The van der Waals surface area contributed by atoms with Gasteiger partial charge in [-0.15, -0.1) is 0 Å². The van der Waals surface area contributed by atoms with Gasteiger partial charge in [-0.3, -0.25) is 0 Å². The maximum absolute atomic E-state index is 11.7. The van der Waals surface area contributed by atoms with Crippen molar-refractivity contribution in [3.8, 4) is 0 Å². The van der Waals surface area contributed by atoms with Gasteiger partial charge in [0.25, 0.3) is 0 Å². The van der Waals surface area contributed by atoms with E-state index in [0.29, 0.717) is 6.42 Å². The summed E-state index contributed by atoms with van der Waals surface area (Å²) in [5.74, 6) is 0.132. The molecule has 0 heterocycles. The van der Waals surface area contributed by atoms with E-state index in [1.807, 2.05) is 0 Å². The van der Waals surface area contributed by atoms with Crippen LogP contribution >= 0.6 is 0 Å². The highest BCUT2D eigenvalue weighted by atomic mass is 19.4. The molecule has 0 radical (unpaired) electrons. The van der Waals surface area contributed by atoms with Gasteiger partial charge in [0, 0.05) is 6.42 Å². The minimum absolute atomic E-state index is 0.132. The van der Waals surface area contributed by atoms with Crippen molar-refractivity contribution in [1.82, 2.24) is 0 Å². The van der Waals surface area contributed by atoms with Crippen molar-refractivity contribution in [3.05, 3.63) is 0 Å². The van der Waals surface area contributed by atoms with Crippen LogP contribution < -0.4 is 0 Å². The lowest BCUT2D eigenvalue weighted by Gasteiger charge is -2.32. The normalized spacial score (nSPS) is 30.0. The SMILES string of the molecule is OC1CCC1CCCC(F)(F)F. The highest BCUT2D eigenvalue weighted by Crippen LogP contribution is 2.33. The van der Waals surface area contributed by atoms with Crippen LogP contribution in [0.1, 0.15) is 32.1 Å². The van der Waals surface area contributed by atoms with Crippen LogP contribution in [0.3, 0.4) is 0 Å². The Kier molecular flexibility index (Phi) is 2.99. The Bertz CT molecular complexity index is 144. The Morgan fingerprint density at radius 1 is 1.25 bits per heavy atom. The average molecular weight is 182 g/mol. The Hall–Kier alpha value is -0.250. The summed E-state index contributed by atoms with van der Waals surface area (Å²) >= 11 is 0. The number of rotatable bonds is 3. The van der Waals surface area contributed by atoms with Crippen molar-refractivity contribution >= 4 is 0 Å². The van der Waals surface area contributed by atoms with Crippen LogP contribution in [0.2, 0.25) is 0 Å². The van der Waals surface area contributed by atoms with Crippen LogP contribution in [0.25, 0.3) is 0 Å². The van der Waals surface area contributed by atoms with Gasteiger partial charge in [0.15, 0.2) is 0 Å². The predicted molar refractivity (Wildman–Crippen MR) is 38.6 cm³/mol. The highest BCUT2D eigenvalue weighted by molar-refractivity contribution is 4.79. The fourth-order valence-corrected chi connectivity index (χ4v) is 1.45. The van der Waals surface area contributed by atoms with E-state index in [0.717, 1.165) is 12.8 Å². The third kappa shape index (κ3) is 3.01. The molecule has 0 aromatic rings. The summed E-state index contributed by atoms with van der Waals surface area (Å²) in [6, 6.07) is 0. The molecule has 0 spiro atoms. The van der Waals surface area contributed by atoms with Crippen molar-refractivity contribution in [3.63, 3.8) is 0 Å². The van der Waals surface area contributed by atoms with Crippen LogP contribution in [-0.2, 0) is 0 Å². The summed E-state index contributed by atoms with van der Waals surface area (Å²) in [6.45, 7) is 0. The molecule has 1 aliphatic carbocycles. The topological polar surface area (TPSA) is 20.2 Å². The summed E-state index contributed by atoms with van der Waals surface area (Å²) < 4.78 is 35.0. The molecule has 0 aromatic heterocycles. The zero-order valence-electron chi connectivity index (χ0n) is 6.77. The maximum Gasteiger partial charge on any atom is 0.389 e. The van der Waals surface area contributed by atoms with Crippen LogP contribution in [0, 0.1) is 5.92 Å². The van der Waals surface area contributed by atoms with E-state index in [2.05, 4.69) is 0 Å². The molecular formula is C8H13F3O.